The third kappa shape index (κ3) is 6.35. The van der Waals surface area contributed by atoms with Gasteiger partial charge in [-0.15, -0.1) is 0 Å². The van der Waals surface area contributed by atoms with Gasteiger partial charge in [0.25, 0.3) is 0 Å². The number of hydrogen-bond donors (Lipinski definition) is 1. The van der Waals surface area contributed by atoms with Gasteiger partial charge < -0.3 is 14.7 Å². The van der Waals surface area contributed by atoms with Crippen molar-refractivity contribution in [2.75, 3.05) is 26.2 Å². The summed E-state index contributed by atoms with van der Waals surface area (Å²) in [5.41, 5.74) is 2.74. The number of hydrogen-bond acceptors (Lipinski definition) is 3. The Morgan fingerprint density at radius 1 is 0.844 bits per heavy atom. The molecule has 4 heteroatoms. The fourth-order valence-electron chi connectivity index (χ4n) is 3.94. The number of aryl methyl sites for hydroxylation is 1. The van der Waals surface area contributed by atoms with Crippen molar-refractivity contribution < 1.29 is 9.84 Å². The monoisotopic (exact) mass is 451 g/mol. The highest BCUT2D eigenvalue weighted by molar-refractivity contribution is 6.30. The third-order valence-electron chi connectivity index (χ3n) is 6.02. The van der Waals surface area contributed by atoms with Gasteiger partial charge >= 0.3 is 0 Å². The second-order valence-corrected chi connectivity index (χ2v) is 8.72. The average Bonchev–Trinajstić information content (AvgIpc) is 2.81. The average molecular weight is 452 g/mol. The van der Waals surface area contributed by atoms with Crippen molar-refractivity contribution in [2.45, 2.75) is 39.2 Å². The largest absolute Gasteiger partial charge is 0.494 e. The predicted molar refractivity (Wildman–Crippen MR) is 134 cm³/mol. The van der Waals surface area contributed by atoms with Gasteiger partial charge in [-0.3, -0.25) is 0 Å². The molecule has 0 amide bonds. The minimum atomic E-state index is -1.15. The van der Waals surface area contributed by atoms with E-state index >= 15 is 0 Å². The molecular weight excluding hydrogens is 418 g/mol. The molecule has 0 aromatic heterocycles. The topological polar surface area (TPSA) is 32.7 Å². The lowest BCUT2D eigenvalue weighted by atomic mass is 9.81. The smallest absolute Gasteiger partial charge is 0.119 e. The third-order valence-corrected chi connectivity index (χ3v) is 6.27. The number of aliphatic hydroxyl groups is 1. The molecule has 0 saturated carbocycles. The van der Waals surface area contributed by atoms with Gasteiger partial charge in [-0.1, -0.05) is 79.5 Å². The summed E-state index contributed by atoms with van der Waals surface area (Å²) in [6.45, 7) is 10.3. The second kappa shape index (κ2) is 11.5. The first-order chi connectivity index (χ1) is 15.4. The summed E-state index contributed by atoms with van der Waals surface area (Å²) in [7, 11) is 0. The molecule has 170 valence electrons. The Bertz CT molecular complexity index is 950. The van der Waals surface area contributed by atoms with Crippen LogP contribution >= 0.6 is 11.6 Å². The van der Waals surface area contributed by atoms with Gasteiger partial charge in [-0.25, -0.2) is 0 Å². The van der Waals surface area contributed by atoms with Crippen molar-refractivity contribution in [1.82, 2.24) is 4.90 Å². The molecular formula is C28H34ClNO2. The van der Waals surface area contributed by atoms with E-state index in [1.807, 2.05) is 72.8 Å². The molecule has 3 aromatic rings. The Morgan fingerprint density at radius 3 is 1.97 bits per heavy atom. The van der Waals surface area contributed by atoms with Crippen molar-refractivity contribution >= 4 is 11.6 Å². The number of ether oxygens (including phenoxy) is 1. The molecule has 1 N–H and O–H groups in total. The Labute approximate surface area is 197 Å². The minimum absolute atomic E-state index is 0.456. The van der Waals surface area contributed by atoms with E-state index in [0.29, 0.717) is 18.1 Å². The minimum Gasteiger partial charge on any atom is -0.494 e. The van der Waals surface area contributed by atoms with Crippen molar-refractivity contribution in [2.24, 2.45) is 0 Å². The standard InChI is InChI=1S/C28H34ClNO2/c1-4-30(5-2)19-6-20-32-27-17-13-25(14-18-27)28(31,24-11-7-22(3)8-12-24)21-23-9-15-26(29)16-10-23/h7-18,31H,4-6,19-21H2,1-3H3. The summed E-state index contributed by atoms with van der Waals surface area (Å²) in [6.07, 6.45) is 1.45. The van der Waals surface area contributed by atoms with Crippen LogP contribution in [0.5, 0.6) is 5.75 Å². The van der Waals surface area contributed by atoms with Crippen LogP contribution in [0.2, 0.25) is 5.02 Å². The van der Waals surface area contributed by atoms with E-state index in [1.54, 1.807) is 0 Å². The lowest BCUT2D eigenvalue weighted by Gasteiger charge is -2.30. The van der Waals surface area contributed by atoms with E-state index in [0.717, 1.165) is 54.1 Å². The van der Waals surface area contributed by atoms with Crippen LogP contribution in [-0.4, -0.2) is 36.2 Å². The summed E-state index contributed by atoms with van der Waals surface area (Å²) in [5, 5.41) is 12.6. The van der Waals surface area contributed by atoms with E-state index in [1.165, 1.54) is 0 Å². The van der Waals surface area contributed by atoms with Crippen LogP contribution in [0.3, 0.4) is 0 Å². The zero-order valence-corrected chi connectivity index (χ0v) is 20.1. The summed E-state index contributed by atoms with van der Waals surface area (Å²) >= 11 is 6.06. The summed E-state index contributed by atoms with van der Waals surface area (Å²) in [6, 6.07) is 23.6. The molecule has 3 rings (SSSR count). The summed E-state index contributed by atoms with van der Waals surface area (Å²) in [5.74, 6) is 0.825. The van der Waals surface area contributed by atoms with Gasteiger partial charge in [0, 0.05) is 18.0 Å². The Hall–Kier alpha value is -2.33. The summed E-state index contributed by atoms with van der Waals surface area (Å²) < 4.78 is 5.94. The molecule has 0 saturated heterocycles. The van der Waals surface area contributed by atoms with Crippen molar-refractivity contribution in [3.8, 4) is 5.75 Å². The number of benzene rings is 3. The lowest BCUT2D eigenvalue weighted by Crippen LogP contribution is -2.30. The van der Waals surface area contributed by atoms with Crippen LogP contribution < -0.4 is 4.74 Å². The fourth-order valence-corrected chi connectivity index (χ4v) is 4.07. The van der Waals surface area contributed by atoms with Gasteiger partial charge in [0.2, 0.25) is 0 Å². The van der Waals surface area contributed by atoms with Crippen LogP contribution in [-0.2, 0) is 12.0 Å². The number of rotatable bonds is 11. The van der Waals surface area contributed by atoms with Gasteiger partial charge in [-0.05, 0) is 67.4 Å². The van der Waals surface area contributed by atoms with E-state index in [-0.39, 0.29) is 0 Å². The van der Waals surface area contributed by atoms with Crippen LogP contribution in [0.1, 0.15) is 42.5 Å². The maximum atomic E-state index is 11.9. The first-order valence-electron chi connectivity index (χ1n) is 11.4. The van der Waals surface area contributed by atoms with E-state index in [2.05, 4.69) is 25.7 Å². The maximum absolute atomic E-state index is 11.9. The van der Waals surface area contributed by atoms with Crippen molar-refractivity contribution in [1.29, 1.82) is 0 Å². The molecule has 1 unspecified atom stereocenters. The van der Waals surface area contributed by atoms with Crippen LogP contribution in [0.15, 0.2) is 72.8 Å². The van der Waals surface area contributed by atoms with Gasteiger partial charge in [0.05, 0.1) is 6.61 Å². The van der Waals surface area contributed by atoms with Gasteiger partial charge in [0.1, 0.15) is 11.4 Å². The quantitative estimate of drug-likeness (QED) is 0.350. The first kappa shape index (κ1) is 24.3. The lowest BCUT2D eigenvalue weighted by molar-refractivity contribution is 0.0810. The molecule has 0 aliphatic heterocycles. The molecule has 0 aliphatic carbocycles. The van der Waals surface area contributed by atoms with Gasteiger partial charge in [0.15, 0.2) is 0 Å². The fraction of sp³-hybridized carbons (Fsp3) is 0.357. The molecule has 0 fully saturated rings. The zero-order chi connectivity index (χ0) is 23.0. The molecule has 1 atom stereocenters. The summed E-state index contributed by atoms with van der Waals surface area (Å²) in [4.78, 5) is 2.39. The SMILES string of the molecule is CCN(CC)CCCOc1ccc(C(O)(Cc2ccc(Cl)cc2)c2ccc(C)cc2)cc1. The van der Waals surface area contributed by atoms with Crippen LogP contribution in [0, 0.1) is 6.92 Å². The van der Waals surface area contributed by atoms with E-state index < -0.39 is 5.60 Å². The Morgan fingerprint density at radius 2 is 1.41 bits per heavy atom. The first-order valence-corrected chi connectivity index (χ1v) is 11.8. The predicted octanol–water partition coefficient (Wildman–Crippen LogP) is 6.24. The van der Waals surface area contributed by atoms with E-state index in [9.17, 15) is 5.11 Å². The molecule has 0 heterocycles. The Balaban J connectivity index is 1.77. The maximum Gasteiger partial charge on any atom is 0.119 e. The molecule has 32 heavy (non-hydrogen) atoms. The normalized spacial score (nSPS) is 13.2. The zero-order valence-electron chi connectivity index (χ0n) is 19.4. The molecule has 0 bridgehead atoms. The molecule has 0 aliphatic rings. The van der Waals surface area contributed by atoms with Crippen LogP contribution in [0.4, 0.5) is 0 Å². The van der Waals surface area contributed by atoms with E-state index in [4.69, 9.17) is 16.3 Å². The number of halogens is 1. The highest BCUT2D eigenvalue weighted by Gasteiger charge is 2.32. The van der Waals surface area contributed by atoms with Gasteiger partial charge in [-0.2, -0.15) is 0 Å². The highest BCUT2D eigenvalue weighted by atomic mass is 35.5. The highest BCUT2D eigenvalue weighted by Crippen LogP contribution is 2.34. The molecule has 3 nitrogen and oxygen atoms in total. The Kier molecular flexibility index (Phi) is 8.75. The second-order valence-electron chi connectivity index (χ2n) is 8.28. The van der Waals surface area contributed by atoms with Crippen LogP contribution in [0.25, 0.3) is 0 Å². The van der Waals surface area contributed by atoms with Crippen molar-refractivity contribution in [3.63, 3.8) is 0 Å². The number of nitrogens with zero attached hydrogens (tertiary/aromatic N) is 1. The molecule has 0 spiro atoms. The molecule has 3 aromatic carbocycles. The molecule has 0 radical (unpaired) electrons. The van der Waals surface area contributed by atoms with Crippen molar-refractivity contribution in [3.05, 3.63) is 100 Å².